The minimum absolute atomic E-state index is 0.0268. The zero-order chi connectivity index (χ0) is 19.2. The quantitative estimate of drug-likeness (QED) is 0.656. The summed E-state index contributed by atoms with van der Waals surface area (Å²) in [5.41, 5.74) is 3.70. The van der Waals surface area contributed by atoms with Crippen LogP contribution in [0.25, 0.3) is 11.1 Å². The standard InChI is InChI=1S/C21H24N4O2/c1-3-25-15-19(16(2)23-25)17-8-10-18(11-9-17)21(27)22-12-6-14-24-13-5-4-7-20(24)26/h4-5,7-11,13,15H,3,6,12,14H2,1-2H3,(H,22,27). The Labute approximate surface area is 158 Å². The molecule has 0 bridgehead atoms. The molecule has 2 heterocycles. The summed E-state index contributed by atoms with van der Waals surface area (Å²) < 4.78 is 3.54. The maximum Gasteiger partial charge on any atom is 0.251 e. The minimum Gasteiger partial charge on any atom is -0.352 e. The first-order valence-electron chi connectivity index (χ1n) is 9.16. The van der Waals surface area contributed by atoms with Crippen LogP contribution in [0.3, 0.4) is 0 Å². The molecular weight excluding hydrogens is 340 g/mol. The summed E-state index contributed by atoms with van der Waals surface area (Å²) in [6.07, 6.45) is 4.48. The normalized spacial score (nSPS) is 10.7. The number of pyridine rings is 1. The molecule has 3 rings (SSSR count). The topological polar surface area (TPSA) is 68.9 Å². The van der Waals surface area contributed by atoms with Gasteiger partial charge in [0, 0.05) is 49.2 Å². The van der Waals surface area contributed by atoms with Crippen molar-refractivity contribution in [2.24, 2.45) is 0 Å². The van der Waals surface area contributed by atoms with Gasteiger partial charge in [-0.05, 0) is 44.0 Å². The average molecular weight is 364 g/mol. The summed E-state index contributed by atoms with van der Waals surface area (Å²) >= 11 is 0. The zero-order valence-corrected chi connectivity index (χ0v) is 15.7. The third-order valence-electron chi connectivity index (χ3n) is 4.49. The molecule has 1 aromatic carbocycles. The number of benzene rings is 1. The fraction of sp³-hybridized carbons (Fsp3) is 0.286. The molecule has 0 atom stereocenters. The van der Waals surface area contributed by atoms with Gasteiger partial charge in [-0.3, -0.25) is 14.3 Å². The Morgan fingerprint density at radius 1 is 1.15 bits per heavy atom. The number of aryl methyl sites for hydroxylation is 3. The second-order valence-corrected chi connectivity index (χ2v) is 6.40. The van der Waals surface area contributed by atoms with E-state index in [-0.39, 0.29) is 11.5 Å². The maximum atomic E-state index is 12.3. The molecule has 140 valence electrons. The molecule has 0 saturated carbocycles. The third-order valence-corrected chi connectivity index (χ3v) is 4.49. The number of aromatic nitrogens is 3. The van der Waals surface area contributed by atoms with Gasteiger partial charge in [-0.2, -0.15) is 5.10 Å². The summed E-state index contributed by atoms with van der Waals surface area (Å²) in [5.74, 6) is -0.108. The van der Waals surface area contributed by atoms with Crippen molar-refractivity contribution in [1.82, 2.24) is 19.7 Å². The Bertz CT molecular complexity index is 970. The molecule has 0 fully saturated rings. The molecular formula is C21H24N4O2. The molecule has 6 heteroatoms. The van der Waals surface area contributed by atoms with Crippen LogP contribution in [-0.2, 0) is 13.1 Å². The second kappa shape index (κ2) is 8.49. The Morgan fingerprint density at radius 3 is 2.59 bits per heavy atom. The molecule has 0 aliphatic heterocycles. The number of carbonyl (C=O) groups excluding carboxylic acids is 1. The highest BCUT2D eigenvalue weighted by Gasteiger charge is 2.09. The van der Waals surface area contributed by atoms with Crippen molar-refractivity contribution in [1.29, 1.82) is 0 Å². The molecule has 3 aromatic rings. The van der Waals surface area contributed by atoms with Gasteiger partial charge in [0.1, 0.15) is 0 Å². The predicted octanol–water partition coefficient (Wildman–Crippen LogP) is 2.86. The van der Waals surface area contributed by atoms with Gasteiger partial charge >= 0.3 is 0 Å². The van der Waals surface area contributed by atoms with Crippen LogP contribution in [0.2, 0.25) is 0 Å². The lowest BCUT2D eigenvalue weighted by atomic mass is 10.0. The lowest BCUT2D eigenvalue weighted by molar-refractivity contribution is 0.0952. The Kier molecular flexibility index (Phi) is 5.86. The Balaban J connectivity index is 1.55. The van der Waals surface area contributed by atoms with E-state index in [0.717, 1.165) is 23.4 Å². The van der Waals surface area contributed by atoms with E-state index >= 15 is 0 Å². The van der Waals surface area contributed by atoms with Crippen LogP contribution in [0, 0.1) is 6.92 Å². The first-order chi connectivity index (χ1) is 13.1. The van der Waals surface area contributed by atoms with Crippen LogP contribution >= 0.6 is 0 Å². The van der Waals surface area contributed by atoms with E-state index in [1.165, 1.54) is 6.07 Å². The summed E-state index contributed by atoms with van der Waals surface area (Å²) in [6, 6.07) is 12.6. The van der Waals surface area contributed by atoms with Crippen molar-refractivity contribution in [3.8, 4) is 11.1 Å². The van der Waals surface area contributed by atoms with E-state index in [4.69, 9.17) is 0 Å². The molecule has 0 spiro atoms. The molecule has 0 unspecified atom stereocenters. The molecule has 1 N–H and O–H groups in total. The van der Waals surface area contributed by atoms with Crippen LogP contribution in [0.1, 0.15) is 29.4 Å². The van der Waals surface area contributed by atoms with Gasteiger partial charge in [-0.15, -0.1) is 0 Å². The van der Waals surface area contributed by atoms with Crippen molar-refractivity contribution in [3.05, 3.63) is 76.5 Å². The highest BCUT2D eigenvalue weighted by Crippen LogP contribution is 2.22. The van der Waals surface area contributed by atoms with E-state index in [2.05, 4.69) is 17.3 Å². The van der Waals surface area contributed by atoms with Crippen LogP contribution in [0.15, 0.2) is 59.7 Å². The first kappa shape index (κ1) is 18.6. The molecule has 6 nitrogen and oxygen atoms in total. The SMILES string of the molecule is CCn1cc(-c2ccc(C(=O)NCCCn3ccccc3=O)cc2)c(C)n1. The highest BCUT2D eigenvalue weighted by molar-refractivity contribution is 5.94. The summed E-state index contributed by atoms with van der Waals surface area (Å²) in [4.78, 5) is 23.9. The monoisotopic (exact) mass is 364 g/mol. The first-order valence-corrected chi connectivity index (χ1v) is 9.16. The number of carbonyl (C=O) groups is 1. The van der Waals surface area contributed by atoms with E-state index in [1.54, 1.807) is 16.8 Å². The average Bonchev–Trinajstić information content (AvgIpc) is 3.07. The number of amides is 1. The smallest absolute Gasteiger partial charge is 0.251 e. The van der Waals surface area contributed by atoms with Crippen molar-refractivity contribution >= 4 is 5.91 Å². The van der Waals surface area contributed by atoms with Gasteiger partial charge < -0.3 is 9.88 Å². The zero-order valence-electron chi connectivity index (χ0n) is 15.7. The van der Waals surface area contributed by atoms with Crippen LogP contribution in [-0.4, -0.2) is 26.8 Å². The fourth-order valence-corrected chi connectivity index (χ4v) is 2.96. The van der Waals surface area contributed by atoms with Gasteiger partial charge in [-0.25, -0.2) is 0 Å². The Morgan fingerprint density at radius 2 is 1.93 bits per heavy atom. The molecule has 0 aliphatic rings. The summed E-state index contributed by atoms with van der Waals surface area (Å²) in [6.45, 7) is 5.97. The van der Waals surface area contributed by atoms with Crippen LogP contribution in [0.5, 0.6) is 0 Å². The molecule has 0 radical (unpaired) electrons. The number of hydrogen-bond donors (Lipinski definition) is 1. The van der Waals surface area contributed by atoms with Crippen molar-refractivity contribution in [2.75, 3.05) is 6.54 Å². The van der Waals surface area contributed by atoms with Gasteiger partial charge in [0.05, 0.1) is 5.69 Å². The Hall–Kier alpha value is -3.15. The molecule has 2 aromatic heterocycles. The third kappa shape index (κ3) is 4.53. The van der Waals surface area contributed by atoms with Gasteiger partial charge in [0.15, 0.2) is 0 Å². The van der Waals surface area contributed by atoms with Crippen LogP contribution in [0.4, 0.5) is 0 Å². The number of nitrogens with one attached hydrogen (secondary N) is 1. The highest BCUT2D eigenvalue weighted by atomic mass is 16.1. The van der Waals surface area contributed by atoms with Crippen molar-refractivity contribution < 1.29 is 4.79 Å². The molecule has 0 aliphatic carbocycles. The number of nitrogens with zero attached hydrogens (tertiary/aromatic N) is 3. The summed E-state index contributed by atoms with van der Waals surface area (Å²) in [5, 5.41) is 7.36. The van der Waals surface area contributed by atoms with E-state index < -0.39 is 0 Å². The maximum absolute atomic E-state index is 12.3. The predicted molar refractivity (Wildman–Crippen MR) is 106 cm³/mol. The van der Waals surface area contributed by atoms with E-state index in [9.17, 15) is 9.59 Å². The van der Waals surface area contributed by atoms with Gasteiger partial charge in [0.25, 0.3) is 5.91 Å². The van der Waals surface area contributed by atoms with Crippen molar-refractivity contribution in [2.45, 2.75) is 33.4 Å². The summed E-state index contributed by atoms with van der Waals surface area (Å²) in [7, 11) is 0. The lowest BCUT2D eigenvalue weighted by Crippen LogP contribution is -2.26. The fourth-order valence-electron chi connectivity index (χ4n) is 2.96. The number of hydrogen-bond acceptors (Lipinski definition) is 3. The second-order valence-electron chi connectivity index (χ2n) is 6.40. The van der Waals surface area contributed by atoms with Gasteiger partial charge in [-0.1, -0.05) is 18.2 Å². The molecule has 0 saturated heterocycles. The van der Waals surface area contributed by atoms with Crippen LogP contribution < -0.4 is 10.9 Å². The van der Waals surface area contributed by atoms with Gasteiger partial charge in [0.2, 0.25) is 5.56 Å². The van der Waals surface area contributed by atoms with E-state index in [0.29, 0.717) is 25.1 Å². The largest absolute Gasteiger partial charge is 0.352 e. The lowest BCUT2D eigenvalue weighted by Gasteiger charge is -2.07. The van der Waals surface area contributed by atoms with Crippen molar-refractivity contribution in [3.63, 3.8) is 0 Å². The molecule has 27 heavy (non-hydrogen) atoms. The molecule has 1 amide bonds. The minimum atomic E-state index is -0.108. The number of rotatable bonds is 7. The van der Waals surface area contributed by atoms with E-state index in [1.807, 2.05) is 48.1 Å².